The van der Waals surface area contributed by atoms with Crippen molar-refractivity contribution in [2.75, 3.05) is 20.1 Å². The molecule has 0 bridgehead atoms. The van der Waals surface area contributed by atoms with E-state index in [1.54, 1.807) is 0 Å². The Balaban J connectivity index is 2.45. The molecule has 0 aromatic rings. The van der Waals surface area contributed by atoms with Gasteiger partial charge in [-0.05, 0) is 38.9 Å². The summed E-state index contributed by atoms with van der Waals surface area (Å²) < 4.78 is 0. The molecule has 12 heavy (non-hydrogen) atoms. The fourth-order valence-corrected chi connectivity index (χ4v) is 2.29. The molecule has 2 heteroatoms. The molecule has 1 saturated heterocycles. The van der Waals surface area contributed by atoms with Crippen molar-refractivity contribution in [3.8, 4) is 0 Å². The average molecular weight is 170 g/mol. The monoisotopic (exact) mass is 170 g/mol. The van der Waals surface area contributed by atoms with E-state index in [4.69, 9.17) is 5.73 Å². The van der Waals surface area contributed by atoms with Gasteiger partial charge in [-0.1, -0.05) is 19.8 Å². The van der Waals surface area contributed by atoms with Crippen LogP contribution in [0, 0.1) is 5.92 Å². The third kappa shape index (κ3) is 2.20. The predicted octanol–water partition coefficient (Wildman–Crippen LogP) is 1.46. The largest absolute Gasteiger partial charge is 0.330 e. The molecule has 1 heterocycles. The number of piperidine rings is 1. The van der Waals surface area contributed by atoms with E-state index < -0.39 is 0 Å². The second-order valence-electron chi connectivity index (χ2n) is 3.95. The van der Waals surface area contributed by atoms with E-state index in [9.17, 15) is 0 Å². The second kappa shape index (κ2) is 4.83. The van der Waals surface area contributed by atoms with Crippen molar-refractivity contribution >= 4 is 0 Å². The van der Waals surface area contributed by atoms with Crippen LogP contribution >= 0.6 is 0 Å². The zero-order chi connectivity index (χ0) is 8.97. The molecule has 2 unspecified atom stereocenters. The van der Waals surface area contributed by atoms with E-state index in [0.29, 0.717) is 0 Å². The average Bonchev–Trinajstić information content (AvgIpc) is 2.10. The van der Waals surface area contributed by atoms with Crippen LogP contribution in [0.25, 0.3) is 0 Å². The summed E-state index contributed by atoms with van der Waals surface area (Å²) in [7, 11) is 2.24. The molecule has 2 nitrogen and oxygen atoms in total. The highest BCUT2D eigenvalue weighted by Crippen LogP contribution is 2.23. The summed E-state index contributed by atoms with van der Waals surface area (Å²) in [5.74, 6) is 0.718. The fraction of sp³-hybridized carbons (Fsp3) is 1.00. The summed E-state index contributed by atoms with van der Waals surface area (Å²) in [6.07, 6.45) is 5.34. The number of nitrogens with zero attached hydrogens (tertiary/aromatic N) is 1. The van der Waals surface area contributed by atoms with Crippen molar-refractivity contribution in [3.63, 3.8) is 0 Å². The van der Waals surface area contributed by atoms with Gasteiger partial charge in [-0.15, -0.1) is 0 Å². The van der Waals surface area contributed by atoms with Crippen molar-refractivity contribution in [1.29, 1.82) is 0 Å². The maximum absolute atomic E-state index is 5.75. The molecule has 0 spiro atoms. The van der Waals surface area contributed by atoms with E-state index in [-0.39, 0.29) is 0 Å². The van der Waals surface area contributed by atoms with E-state index in [1.807, 2.05) is 0 Å². The molecule has 0 aliphatic carbocycles. The molecular formula is C10H22N2. The summed E-state index contributed by atoms with van der Waals surface area (Å²) in [5, 5.41) is 0. The maximum atomic E-state index is 5.75. The lowest BCUT2D eigenvalue weighted by atomic mass is 9.89. The molecule has 1 aliphatic rings. The van der Waals surface area contributed by atoms with Crippen molar-refractivity contribution in [1.82, 2.24) is 4.90 Å². The van der Waals surface area contributed by atoms with Crippen molar-refractivity contribution in [3.05, 3.63) is 0 Å². The molecule has 2 atom stereocenters. The minimum Gasteiger partial charge on any atom is -0.330 e. The van der Waals surface area contributed by atoms with Crippen LogP contribution in [0.2, 0.25) is 0 Å². The van der Waals surface area contributed by atoms with Gasteiger partial charge >= 0.3 is 0 Å². The highest BCUT2D eigenvalue weighted by atomic mass is 15.1. The number of hydrogen-bond acceptors (Lipinski definition) is 2. The van der Waals surface area contributed by atoms with Gasteiger partial charge in [0.1, 0.15) is 0 Å². The Morgan fingerprint density at radius 3 is 2.75 bits per heavy atom. The minimum absolute atomic E-state index is 0.718. The standard InChI is InChI=1S/C10H22N2/c1-3-9(8-11)10-6-4-5-7-12(10)2/h9-10H,3-8,11H2,1-2H3. The summed E-state index contributed by atoms with van der Waals surface area (Å²) in [6.45, 7) is 4.37. The Bertz CT molecular complexity index is 121. The normalized spacial score (nSPS) is 28.8. The molecule has 0 amide bonds. The van der Waals surface area contributed by atoms with Gasteiger partial charge in [0.15, 0.2) is 0 Å². The second-order valence-corrected chi connectivity index (χ2v) is 3.95. The summed E-state index contributed by atoms with van der Waals surface area (Å²) in [4.78, 5) is 2.49. The maximum Gasteiger partial charge on any atom is 0.0132 e. The quantitative estimate of drug-likeness (QED) is 0.694. The molecule has 0 saturated carbocycles. The van der Waals surface area contributed by atoms with Crippen LogP contribution in [0.3, 0.4) is 0 Å². The Morgan fingerprint density at radius 2 is 2.25 bits per heavy atom. The van der Waals surface area contributed by atoms with E-state index >= 15 is 0 Å². The first-order chi connectivity index (χ1) is 5.79. The Kier molecular flexibility index (Phi) is 4.02. The van der Waals surface area contributed by atoms with Gasteiger partial charge in [0.2, 0.25) is 0 Å². The number of rotatable bonds is 3. The van der Waals surface area contributed by atoms with Crippen LogP contribution < -0.4 is 5.73 Å². The Morgan fingerprint density at radius 1 is 1.50 bits per heavy atom. The Hall–Kier alpha value is -0.0800. The minimum atomic E-state index is 0.718. The van der Waals surface area contributed by atoms with E-state index in [1.165, 1.54) is 32.2 Å². The van der Waals surface area contributed by atoms with Gasteiger partial charge in [-0.25, -0.2) is 0 Å². The molecular weight excluding hydrogens is 148 g/mol. The van der Waals surface area contributed by atoms with Crippen LogP contribution in [-0.4, -0.2) is 31.1 Å². The van der Waals surface area contributed by atoms with Gasteiger partial charge in [0.25, 0.3) is 0 Å². The van der Waals surface area contributed by atoms with Crippen LogP contribution in [0.4, 0.5) is 0 Å². The summed E-state index contributed by atoms with van der Waals surface area (Å²) in [6, 6.07) is 0.758. The number of likely N-dealkylation sites (tertiary alicyclic amines) is 1. The molecule has 2 N–H and O–H groups in total. The van der Waals surface area contributed by atoms with Crippen LogP contribution in [0.1, 0.15) is 32.6 Å². The lowest BCUT2D eigenvalue weighted by molar-refractivity contribution is 0.129. The topological polar surface area (TPSA) is 29.3 Å². The van der Waals surface area contributed by atoms with Gasteiger partial charge in [0, 0.05) is 6.04 Å². The molecule has 1 aliphatic heterocycles. The smallest absolute Gasteiger partial charge is 0.0132 e. The number of nitrogens with two attached hydrogens (primary N) is 1. The molecule has 0 aromatic heterocycles. The molecule has 0 radical (unpaired) electrons. The summed E-state index contributed by atoms with van der Waals surface area (Å²) in [5.41, 5.74) is 5.75. The zero-order valence-electron chi connectivity index (χ0n) is 8.42. The SMILES string of the molecule is CCC(CN)C1CCCCN1C. The van der Waals surface area contributed by atoms with Gasteiger partial charge in [-0.2, -0.15) is 0 Å². The van der Waals surface area contributed by atoms with Gasteiger partial charge in [0.05, 0.1) is 0 Å². The predicted molar refractivity (Wildman–Crippen MR) is 53.1 cm³/mol. The van der Waals surface area contributed by atoms with Crippen LogP contribution in [0.15, 0.2) is 0 Å². The molecule has 0 aromatic carbocycles. The molecule has 72 valence electrons. The first kappa shape index (κ1) is 10.0. The van der Waals surface area contributed by atoms with Crippen LogP contribution in [0.5, 0.6) is 0 Å². The third-order valence-electron chi connectivity index (χ3n) is 3.20. The first-order valence-corrected chi connectivity index (χ1v) is 5.20. The molecule has 1 fully saturated rings. The first-order valence-electron chi connectivity index (χ1n) is 5.20. The van der Waals surface area contributed by atoms with E-state index in [0.717, 1.165) is 18.5 Å². The highest BCUT2D eigenvalue weighted by Gasteiger charge is 2.24. The van der Waals surface area contributed by atoms with E-state index in [2.05, 4.69) is 18.9 Å². The third-order valence-corrected chi connectivity index (χ3v) is 3.20. The van der Waals surface area contributed by atoms with Crippen LogP contribution in [-0.2, 0) is 0 Å². The highest BCUT2D eigenvalue weighted by molar-refractivity contribution is 4.80. The lowest BCUT2D eigenvalue weighted by Gasteiger charge is -2.37. The van der Waals surface area contributed by atoms with Gasteiger partial charge in [-0.3, -0.25) is 0 Å². The van der Waals surface area contributed by atoms with Gasteiger partial charge < -0.3 is 10.6 Å². The molecule has 1 rings (SSSR count). The van der Waals surface area contributed by atoms with Crippen molar-refractivity contribution in [2.24, 2.45) is 11.7 Å². The van der Waals surface area contributed by atoms with Crippen molar-refractivity contribution < 1.29 is 0 Å². The summed E-state index contributed by atoms with van der Waals surface area (Å²) >= 11 is 0. The lowest BCUT2D eigenvalue weighted by Crippen LogP contribution is -2.43. The fourth-order valence-electron chi connectivity index (χ4n) is 2.29. The van der Waals surface area contributed by atoms with Crippen molar-refractivity contribution in [2.45, 2.75) is 38.6 Å². The zero-order valence-corrected chi connectivity index (χ0v) is 8.42. The number of hydrogen-bond donors (Lipinski definition) is 1. The Labute approximate surface area is 76.1 Å².